The van der Waals surface area contributed by atoms with Gasteiger partial charge < -0.3 is 10.0 Å². The van der Waals surface area contributed by atoms with Crippen LogP contribution in [0.25, 0.3) is 0 Å². The van der Waals surface area contributed by atoms with Crippen molar-refractivity contribution >= 4 is 5.97 Å². The minimum absolute atomic E-state index is 0.324. The molecular weight excluding hydrogens is 166 g/mol. The van der Waals surface area contributed by atoms with Crippen molar-refractivity contribution in [3.63, 3.8) is 0 Å². The molecule has 1 unspecified atom stereocenters. The van der Waals surface area contributed by atoms with Gasteiger partial charge in [0.05, 0.1) is 0 Å². The summed E-state index contributed by atoms with van der Waals surface area (Å²) in [4.78, 5) is 12.8. The van der Waals surface area contributed by atoms with Crippen LogP contribution in [0.1, 0.15) is 19.3 Å². The van der Waals surface area contributed by atoms with Gasteiger partial charge in [-0.3, -0.25) is 4.79 Å². The van der Waals surface area contributed by atoms with Gasteiger partial charge in [0.25, 0.3) is 0 Å². The van der Waals surface area contributed by atoms with Crippen LogP contribution in [0.5, 0.6) is 0 Å². The molecule has 0 saturated carbocycles. The number of carbonyl (C=O) groups is 1. The first-order valence-electron chi connectivity index (χ1n) is 4.77. The number of aliphatic carboxylic acids is 1. The Bertz CT molecular complexity index is 191. The second kappa shape index (κ2) is 5.02. The zero-order valence-corrected chi connectivity index (χ0v) is 7.91. The minimum atomic E-state index is -0.671. The maximum Gasteiger partial charge on any atom is 0.303 e. The topological polar surface area (TPSA) is 40.5 Å². The molecule has 1 aliphatic heterocycles. The molecule has 1 fully saturated rings. The Balaban J connectivity index is 2.19. The molecule has 13 heavy (non-hydrogen) atoms. The van der Waals surface area contributed by atoms with E-state index in [4.69, 9.17) is 5.11 Å². The lowest BCUT2D eigenvalue weighted by atomic mass is 10.1. The molecule has 0 spiro atoms. The fraction of sp³-hybridized carbons (Fsp3) is 0.700. The summed E-state index contributed by atoms with van der Waals surface area (Å²) in [7, 11) is 0. The van der Waals surface area contributed by atoms with Gasteiger partial charge in [-0.2, -0.15) is 0 Å². The Kier molecular flexibility index (Phi) is 3.96. The molecule has 1 aliphatic rings. The molecule has 0 aromatic rings. The summed E-state index contributed by atoms with van der Waals surface area (Å²) >= 11 is 0. The lowest BCUT2D eigenvalue weighted by molar-refractivity contribution is -0.138. The van der Waals surface area contributed by atoms with Crippen LogP contribution in [0, 0.1) is 5.92 Å². The van der Waals surface area contributed by atoms with E-state index in [2.05, 4.69) is 11.5 Å². The van der Waals surface area contributed by atoms with Crippen LogP contribution in [-0.2, 0) is 4.79 Å². The number of carboxylic acids is 1. The van der Waals surface area contributed by atoms with Crippen molar-refractivity contribution in [1.82, 2.24) is 4.90 Å². The van der Waals surface area contributed by atoms with Crippen LogP contribution < -0.4 is 0 Å². The molecule has 1 saturated heterocycles. The quantitative estimate of drug-likeness (QED) is 0.654. The van der Waals surface area contributed by atoms with Crippen molar-refractivity contribution in [1.29, 1.82) is 0 Å². The molecule has 0 aliphatic carbocycles. The fourth-order valence-electron chi connectivity index (χ4n) is 1.80. The molecule has 3 nitrogen and oxygen atoms in total. The maximum atomic E-state index is 10.4. The summed E-state index contributed by atoms with van der Waals surface area (Å²) in [6.45, 7) is 6.69. The molecule has 1 heterocycles. The maximum absolute atomic E-state index is 10.4. The first-order chi connectivity index (χ1) is 6.22. The van der Waals surface area contributed by atoms with E-state index < -0.39 is 5.97 Å². The van der Waals surface area contributed by atoms with E-state index in [1.807, 2.05) is 6.08 Å². The molecule has 0 bridgehead atoms. The number of hydrogen-bond acceptors (Lipinski definition) is 2. The Morgan fingerprint density at radius 3 is 3.08 bits per heavy atom. The smallest absolute Gasteiger partial charge is 0.303 e. The minimum Gasteiger partial charge on any atom is -0.481 e. The third kappa shape index (κ3) is 3.59. The highest BCUT2D eigenvalue weighted by atomic mass is 16.4. The van der Waals surface area contributed by atoms with Gasteiger partial charge in [-0.25, -0.2) is 0 Å². The molecule has 1 rings (SSSR count). The zero-order chi connectivity index (χ0) is 9.68. The van der Waals surface area contributed by atoms with Crippen LogP contribution in [0.15, 0.2) is 12.7 Å². The molecule has 0 radical (unpaired) electrons. The molecule has 0 aromatic heterocycles. The molecule has 1 N–H and O–H groups in total. The van der Waals surface area contributed by atoms with Crippen molar-refractivity contribution in [2.24, 2.45) is 5.92 Å². The van der Waals surface area contributed by atoms with Crippen LogP contribution in [0.2, 0.25) is 0 Å². The zero-order valence-electron chi connectivity index (χ0n) is 7.91. The average Bonchev–Trinajstić information content (AvgIpc) is 2.48. The second-order valence-corrected chi connectivity index (χ2v) is 3.63. The summed E-state index contributed by atoms with van der Waals surface area (Å²) in [6, 6.07) is 0. The van der Waals surface area contributed by atoms with Crippen LogP contribution in [0.3, 0.4) is 0 Å². The van der Waals surface area contributed by atoms with Crippen molar-refractivity contribution < 1.29 is 9.90 Å². The van der Waals surface area contributed by atoms with Crippen molar-refractivity contribution in [2.75, 3.05) is 19.6 Å². The lowest BCUT2D eigenvalue weighted by Gasteiger charge is -2.13. The number of hydrogen-bond donors (Lipinski definition) is 1. The molecule has 1 atom stereocenters. The molecule has 74 valence electrons. The molecule has 0 amide bonds. The third-order valence-electron chi connectivity index (χ3n) is 2.48. The van der Waals surface area contributed by atoms with Gasteiger partial charge in [0.15, 0.2) is 0 Å². The SMILES string of the molecule is C=CCCN1CCC(CC(=O)O)C1. The normalized spacial score (nSPS) is 23.2. The Labute approximate surface area is 79.0 Å². The van der Waals surface area contributed by atoms with Gasteiger partial charge in [0.1, 0.15) is 0 Å². The van der Waals surface area contributed by atoms with E-state index >= 15 is 0 Å². The Hall–Kier alpha value is -0.830. The van der Waals surface area contributed by atoms with Crippen LogP contribution in [-0.4, -0.2) is 35.6 Å². The van der Waals surface area contributed by atoms with E-state index in [0.717, 1.165) is 32.5 Å². The molecular formula is C10H17NO2. The molecule has 3 heteroatoms. The summed E-state index contributed by atoms with van der Waals surface area (Å²) in [6.07, 6.45) is 4.26. The number of rotatable bonds is 5. The highest BCUT2D eigenvalue weighted by Gasteiger charge is 2.23. The fourth-order valence-corrected chi connectivity index (χ4v) is 1.80. The van der Waals surface area contributed by atoms with Crippen LogP contribution >= 0.6 is 0 Å². The van der Waals surface area contributed by atoms with Gasteiger partial charge in [-0.1, -0.05) is 6.08 Å². The first kappa shape index (κ1) is 10.3. The average molecular weight is 183 g/mol. The Morgan fingerprint density at radius 2 is 2.46 bits per heavy atom. The number of carboxylic acid groups (broad SMARTS) is 1. The standard InChI is InChI=1S/C10H17NO2/c1-2-3-5-11-6-4-9(8-11)7-10(12)13/h2,9H,1,3-8H2,(H,12,13). The summed E-state index contributed by atoms with van der Waals surface area (Å²) in [5, 5.41) is 8.60. The largest absolute Gasteiger partial charge is 0.481 e. The van der Waals surface area contributed by atoms with Crippen molar-refractivity contribution in [3.05, 3.63) is 12.7 Å². The van der Waals surface area contributed by atoms with E-state index in [1.165, 1.54) is 0 Å². The molecule has 0 aromatic carbocycles. The van der Waals surface area contributed by atoms with Gasteiger partial charge in [0.2, 0.25) is 0 Å². The highest BCUT2D eigenvalue weighted by molar-refractivity contribution is 5.67. The van der Waals surface area contributed by atoms with E-state index in [9.17, 15) is 4.79 Å². The van der Waals surface area contributed by atoms with Crippen molar-refractivity contribution in [2.45, 2.75) is 19.3 Å². The van der Waals surface area contributed by atoms with Crippen molar-refractivity contribution in [3.8, 4) is 0 Å². The predicted octanol–water partition coefficient (Wildman–Crippen LogP) is 1.36. The van der Waals surface area contributed by atoms with E-state index in [-0.39, 0.29) is 0 Å². The summed E-state index contributed by atoms with van der Waals surface area (Å²) < 4.78 is 0. The van der Waals surface area contributed by atoms with Gasteiger partial charge >= 0.3 is 5.97 Å². The number of nitrogens with zero attached hydrogens (tertiary/aromatic N) is 1. The van der Waals surface area contributed by atoms with Gasteiger partial charge in [-0.15, -0.1) is 6.58 Å². The highest BCUT2D eigenvalue weighted by Crippen LogP contribution is 2.19. The van der Waals surface area contributed by atoms with Crippen LogP contribution in [0.4, 0.5) is 0 Å². The lowest BCUT2D eigenvalue weighted by Crippen LogP contribution is -2.22. The van der Waals surface area contributed by atoms with E-state index in [1.54, 1.807) is 0 Å². The monoisotopic (exact) mass is 183 g/mol. The first-order valence-corrected chi connectivity index (χ1v) is 4.77. The predicted molar refractivity (Wildman–Crippen MR) is 51.6 cm³/mol. The summed E-state index contributed by atoms with van der Waals surface area (Å²) in [5.74, 6) is -0.308. The van der Waals surface area contributed by atoms with Gasteiger partial charge in [0, 0.05) is 19.5 Å². The number of likely N-dealkylation sites (tertiary alicyclic amines) is 1. The Morgan fingerprint density at radius 1 is 1.69 bits per heavy atom. The summed E-state index contributed by atoms with van der Waals surface area (Å²) in [5.41, 5.74) is 0. The second-order valence-electron chi connectivity index (χ2n) is 3.63. The van der Waals surface area contributed by atoms with E-state index in [0.29, 0.717) is 12.3 Å². The van der Waals surface area contributed by atoms with Gasteiger partial charge in [-0.05, 0) is 25.3 Å². The third-order valence-corrected chi connectivity index (χ3v) is 2.48.